The molecule has 0 bridgehead atoms. The van der Waals surface area contributed by atoms with Gasteiger partial charge in [0.05, 0.1) is 12.6 Å². The SMILES string of the molecule is Cc1ccc(-c2cc(CN3CCNCC3c3nccn3C)on2)cc1. The van der Waals surface area contributed by atoms with Gasteiger partial charge in [-0.25, -0.2) is 4.98 Å². The molecule has 1 fully saturated rings. The second-order valence-corrected chi connectivity index (χ2v) is 6.63. The van der Waals surface area contributed by atoms with Gasteiger partial charge in [-0.05, 0) is 6.92 Å². The predicted octanol–water partition coefficient (Wildman–Crippen LogP) is 2.53. The third-order valence-electron chi connectivity index (χ3n) is 4.78. The standard InChI is InChI=1S/C19H23N5O/c1-14-3-5-15(6-4-14)17-11-16(25-22-17)13-24-10-7-20-12-18(24)19-21-8-9-23(19)2/h3-6,8-9,11,18,20H,7,10,12-13H2,1-2H3. The molecule has 2 aromatic heterocycles. The minimum absolute atomic E-state index is 0.238. The summed E-state index contributed by atoms with van der Waals surface area (Å²) in [7, 11) is 2.04. The molecule has 130 valence electrons. The van der Waals surface area contributed by atoms with Crippen molar-refractivity contribution < 1.29 is 4.52 Å². The first-order valence-corrected chi connectivity index (χ1v) is 8.65. The molecule has 3 aromatic rings. The van der Waals surface area contributed by atoms with E-state index in [1.165, 1.54) is 5.56 Å². The minimum Gasteiger partial charge on any atom is -0.359 e. The van der Waals surface area contributed by atoms with E-state index in [0.29, 0.717) is 0 Å². The quantitative estimate of drug-likeness (QED) is 0.793. The molecule has 0 spiro atoms. The number of hydrogen-bond donors (Lipinski definition) is 1. The summed E-state index contributed by atoms with van der Waals surface area (Å²) < 4.78 is 7.69. The molecule has 4 rings (SSSR count). The Balaban J connectivity index is 1.52. The summed E-state index contributed by atoms with van der Waals surface area (Å²) in [4.78, 5) is 6.93. The van der Waals surface area contributed by atoms with Crippen LogP contribution in [0.5, 0.6) is 0 Å². The molecule has 6 heteroatoms. The van der Waals surface area contributed by atoms with E-state index in [2.05, 4.69) is 56.1 Å². The average molecular weight is 337 g/mol. The Morgan fingerprint density at radius 3 is 2.88 bits per heavy atom. The Morgan fingerprint density at radius 2 is 2.12 bits per heavy atom. The predicted molar refractivity (Wildman–Crippen MR) is 95.9 cm³/mol. The van der Waals surface area contributed by atoms with Crippen molar-refractivity contribution in [1.82, 2.24) is 24.9 Å². The van der Waals surface area contributed by atoms with E-state index < -0.39 is 0 Å². The summed E-state index contributed by atoms with van der Waals surface area (Å²) in [6.45, 7) is 5.64. The van der Waals surface area contributed by atoms with E-state index in [0.717, 1.165) is 49.0 Å². The van der Waals surface area contributed by atoms with Crippen LogP contribution in [-0.4, -0.2) is 39.2 Å². The molecule has 6 nitrogen and oxygen atoms in total. The topological polar surface area (TPSA) is 59.1 Å². The normalized spacial score (nSPS) is 18.6. The number of rotatable bonds is 4. The molecule has 1 aliphatic heterocycles. The lowest BCUT2D eigenvalue weighted by molar-refractivity contribution is 0.130. The zero-order valence-electron chi connectivity index (χ0n) is 14.6. The molecule has 0 radical (unpaired) electrons. The van der Waals surface area contributed by atoms with Gasteiger partial charge in [-0.1, -0.05) is 35.0 Å². The molecular formula is C19H23N5O. The molecule has 1 aromatic carbocycles. The molecule has 0 amide bonds. The lowest BCUT2D eigenvalue weighted by Crippen LogP contribution is -2.46. The second-order valence-electron chi connectivity index (χ2n) is 6.63. The summed E-state index contributed by atoms with van der Waals surface area (Å²) >= 11 is 0. The van der Waals surface area contributed by atoms with E-state index in [-0.39, 0.29) is 6.04 Å². The van der Waals surface area contributed by atoms with Crippen LogP contribution in [0.4, 0.5) is 0 Å². The molecule has 1 unspecified atom stereocenters. The van der Waals surface area contributed by atoms with Gasteiger partial charge in [0.2, 0.25) is 0 Å². The van der Waals surface area contributed by atoms with Crippen LogP contribution in [0.15, 0.2) is 47.2 Å². The van der Waals surface area contributed by atoms with Crippen LogP contribution >= 0.6 is 0 Å². The molecule has 1 N–H and O–H groups in total. The van der Waals surface area contributed by atoms with E-state index in [1.807, 2.05) is 25.5 Å². The van der Waals surface area contributed by atoms with Gasteiger partial charge >= 0.3 is 0 Å². The van der Waals surface area contributed by atoms with Crippen LogP contribution < -0.4 is 5.32 Å². The van der Waals surface area contributed by atoms with Crippen molar-refractivity contribution in [2.24, 2.45) is 7.05 Å². The maximum absolute atomic E-state index is 5.61. The van der Waals surface area contributed by atoms with Gasteiger partial charge in [-0.2, -0.15) is 0 Å². The number of aromatic nitrogens is 3. The van der Waals surface area contributed by atoms with Crippen molar-refractivity contribution in [3.05, 3.63) is 59.9 Å². The summed E-state index contributed by atoms with van der Waals surface area (Å²) in [6.07, 6.45) is 3.85. The fourth-order valence-electron chi connectivity index (χ4n) is 3.34. The number of nitrogens with zero attached hydrogens (tertiary/aromatic N) is 4. The molecule has 25 heavy (non-hydrogen) atoms. The minimum atomic E-state index is 0.238. The fourth-order valence-corrected chi connectivity index (χ4v) is 3.34. The maximum Gasteiger partial charge on any atom is 0.151 e. The van der Waals surface area contributed by atoms with Crippen LogP contribution in [-0.2, 0) is 13.6 Å². The molecule has 0 aliphatic carbocycles. The monoisotopic (exact) mass is 337 g/mol. The summed E-state index contributed by atoms with van der Waals surface area (Å²) in [5, 5.41) is 7.71. The third kappa shape index (κ3) is 3.36. The summed E-state index contributed by atoms with van der Waals surface area (Å²) in [5.41, 5.74) is 3.21. The second kappa shape index (κ2) is 6.82. The van der Waals surface area contributed by atoms with Crippen molar-refractivity contribution in [1.29, 1.82) is 0 Å². The zero-order valence-corrected chi connectivity index (χ0v) is 14.6. The van der Waals surface area contributed by atoms with Gasteiger partial charge in [0.15, 0.2) is 5.76 Å². The highest BCUT2D eigenvalue weighted by Gasteiger charge is 2.27. The van der Waals surface area contributed by atoms with Crippen molar-refractivity contribution in [2.75, 3.05) is 19.6 Å². The Bertz CT molecular complexity index is 836. The van der Waals surface area contributed by atoms with Gasteiger partial charge in [0.1, 0.15) is 11.5 Å². The fraction of sp³-hybridized carbons (Fsp3) is 0.368. The van der Waals surface area contributed by atoms with Gasteiger partial charge in [0, 0.05) is 50.7 Å². The van der Waals surface area contributed by atoms with Crippen LogP contribution in [0.2, 0.25) is 0 Å². The molecule has 1 saturated heterocycles. The van der Waals surface area contributed by atoms with E-state index >= 15 is 0 Å². The van der Waals surface area contributed by atoms with E-state index in [9.17, 15) is 0 Å². The molecule has 1 atom stereocenters. The number of nitrogens with one attached hydrogen (secondary N) is 1. The van der Waals surface area contributed by atoms with Gasteiger partial charge in [-0.15, -0.1) is 0 Å². The van der Waals surface area contributed by atoms with Crippen LogP contribution in [0, 0.1) is 6.92 Å². The van der Waals surface area contributed by atoms with Crippen LogP contribution in [0.1, 0.15) is 23.2 Å². The van der Waals surface area contributed by atoms with Crippen molar-refractivity contribution in [3.8, 4) is 11.3 Å². The average Bonchev–Trinajstić information content (AvgIpc) is 3.25. The third-order valence-corrected chi connectivity index (χ3v) is 4.78. The molecule has 1 aliphatic rings. The highest BCUT2D eigenvalue weighted by molar-refractivity contribution is 5.59. The van der Waals surface area contributed by atoms with Crippen molar-refractivity contribution in [3.63, 3.8) is 0 Å². The Hall–Kier alpha value is -2.44. The zero-order chi connectivity index (χ0) is 17.2. The highest BCUT2D eigenvalue weighted by atomic mass is 16.5. The molecule has 3 heterocycles. The first kappa shape index (κ1) is 16.1. The number of imidazole rings is 1. The van der Waals surface area contributed by atoms with Crippen LogP contribution in [0.3, 0.4) is 0 Å². The van der Waals surface area contributed by atoms with Crippen LogP contribution in [0.25, 0.3) is 11.3 Å². The number of hydrogen-bond acceptors (Lipinski definition) is 5. The van der Waals surface area contributed by atoms with Crippen molar-refractivity contribution in [2.45, 2.75) is 19.5 Å². The lowest BCUT2D eigenvalue weighted by Gasteiger charge is -2.34. The largest absolute Gasteiger partial charge is 0.359 e. The van der Waals surface area contributed by atoms with Gasteiger partial charge < -0.3 is 14.4 Å². The number of benzene rings is 1. The lowest BCUT2D eigenvalue weighted by atomic mass is 10.1. The summed E-state index contributed by atoms with van der Waals surface area (Å²) in [6, 6.07) is 10.6. The van der Waals surface area contributed by atoms with E-state index in [1.54, 1.807) is 0 Å². The maximum atomic E-state index is 5.61. The Labute approximate surface area is 147 Å². The molecule has 0 saturated carbocycles. The van der Waals surface area contributed by atoms with E-state index in [4.69, 9.17) is 4.52 Å². The Morgan fingerprint density at radius 1 is 1.28 bits per heavy atom. The van der Waals surface area contributed by atoms with Gasteiger partial charge in [0.25, 0.3) is 0 Å². The highest BCUT2D eigenvalue weighted by Crippen LogP contribution is 2.25. The first-order valence-electron chi connectivity index (χ1n) is 8.65. The number of piperazine rings is 1. The Kier molecular flexibility index (Phi) is 4.38. The molecular weight excluding hydrogens is 314 g/mol. The van der Waals surface area contributed by atoms with Gasteiger partial charge in [-0.3, -0.25) is 4.90 Å². The smallest absolute Gasteiger partial charge is 0.151 e. The first-order chi connectivity index (χ1) is 12.2. The summed E-state index contributed by atoms with van der Waals surface area (Å²) in [5.74, 6) is 1.96. The number of aryl methyl sites for hydroxylation is 2. The van der Waals surface area contributed by atoms with Crippen molar-refractivity contribution >= 4 is 0 Å².